The number of hydrogen-bond donors (Lipinski definition) is 3. The van der Waals surface area contributed by atoms with Gasteiger partial charge in [-0.1, -0.05) is 13.8 Å². The highest BCUT2D eigenvalue weighted by Gasteiger charge is 2.29. The maximum absolute atomic E-state index is 12.9. The molecule has 9 nitrogen and oxygen atoms in total. The first-order valence-corrected chi connectivity index (χ1v) is 12.3. The number of aryl methyl sites for hydroxylation is 1. The fraction of sp³-hybridized carbons (Fsp3) is 0.696. The lowest BCUT2D eigenvalue weighted by molar-refractivity contribution is -0.139. The van der Waals surface area contributed by atoms with Gasteiger partial charge in [-0.15, -0.1) is 11.3 Å². The van der Waals surface area contributed by atoms with Gasteiger partial charge in [0.2, 0.25) is 11.8 Å². The Kier molecular flexibility index (Phi) is 11.4. The Morgan fingerprint density at radius 3 is 2.58 bits per heavy atom. The molecule has 10 heteroatoms. The third-order valence-corrected chi connectivity index (χ3v) is 6.16. The van der Waals surface area contributed by atoms with Crippen LogP contribution in [0.5, 0.6) is 0 Å². The van der Waals surface area contributed by atoms with Gasteiger partial charge in [-0.25, -0.2) is 4.98 Å². The summed E-state index contributed by atoms with van der Waals surface area (Å²) < 4.78 is 5.41. The van der Waals surface area contributed by atoms with Crippen molar-refractivity contribution in [3.05, 3.63) is 22.2 Å². The lowest BCUT2D eigenvalue weighted by Gasteiger charge is -2.32. The van der Waals surface area contributed by atoms with E-state index in [1.165, 1.54) is 22.3 Å². The van der Waals surface area contributed by atoms with Crippen molar-refractivity contribution in [1.29, 1.82) is 0 Å². The van der Waals surface area contributed by atoms with Crippen LogP contribution in [0, 0.1) is 12.8 Å². The van der Waals surface area contributed by atoms with Gasteiger partial charge in [-0.05, 0) is 31.8 Å². The van der Waals surface area contributed by atoms with Gasteiger partial charge in [0.05, 0.1) is 17.3 Å². The van der Waals surface area contributed by atoms with E-state index < -0.39 is 18.3 Å². The zero-order valence-electron chi connectivity index (χ0n) is 19.7. The number of carbonyl (C=O) groups is 2. The van der Waals surface area contributed by atoms with Crippen LogP contribution in [0.1, 0.15) is 43.8 Å². The predicted molar refractivity (Wildman–Crippen MR) is 127 cm³/mol. The van der Waals surface area contributed by atoms with Crippen LogP contribution in [0.3, 0.4) is 0 Å². The zero-order valence-corrected chi connectivity index (χ0v) is 20.5. The molecule has 0 aromatic carbocycles. The first-order valence-electron chi connectivity index (χ1n) is 11.5. The summed E-state index contributed by atoms with van der Waals surface area (Å²) in [5.74, 6) is -0.232. The fourth-order valence-electron chi connectivity index (χ4n) is 3.49. The lowest BCUT2D eigenvalue weighted by atomic mass is 10.1. The van der Waals surface area contributed by atoms with Crippen LogP contribution in [0.15, 0.2) is 11.5 Å². The Bertz CT molecular complexity index is 784. The van der Waals surface area contributed by atoms with Crippen molar-refractivity contribution < 1.29 is 29.6 Å². The molecule has 1 aromatic heterocycles. The molecule has 0 bridgehead atoms. The summed E-state index contributed by atoms with van der Waals surface area (Å²) >= 11 is 1.51. The molecule has 0 radical (unpaired) electrons. The molecule has 2 rings (SSSR count). The van der Waals surface area contributed by atoms with Crippen molar-refractivity contribution in [2.45, 2.75) is 58.3 Å². The number of carbonyl (C=O) groups excluding carboxylic acids is 2. The summed E-state index contributed by atoms with van der Waals surface area (Å²) in [6, 6.07) is 0. The maximum Gasteiger partial charge on any atom is 0.246 e. The van der Waals surface area contributed by atoms with Crippen molar-refractivity contribution in [1.82, 2.24) is 14.8 Å². The molecule has 0 saturated carbocycles. The highest BCUT2D eigenvalue weighted by atomic mass is 32.1. The normalized spacial score (nSPS) is 24.3. The number of rotatable bonds is 4. The second-order valence-electron chi connectivity index (χ2n) is 8.80. The van der Waals surface area contributed by atoms with Gasteiger partial charge in [-0.2, -0.15) is 0 Å². The summed E-state index contributed by atoms with van der Waals surface area (Å²) in [6.45, 7) is 6.87. The molecule has 186 valence electrons. The number of ether oxygens (including phenoxy) is 1. The SMILES string of the molecule is Cc1nc(/C=C/C(=O)N2CCCCOC[C@@H](O)[C@H](O)[C@@H](O)CN(C(=O)CC(C)C)CC2)cs1. The molecule has 3 atom stereocenters. The van der Waals surface area contributed by atoms with E-state index in [2.05, 4.69) is 4.98 Å². The summed E-state index contributed by atoms with van der Waals surface area (Å²) in [5.41, 5.74) is 0.728. The number of aromatic nitrogens is 1. The van der Waals surface area contributed by atoms with E-state index in [4.69, 9.17) is 4.74 Å². The molecule has 1 aromatic rings. The van der Waals surface area contributed by atoms with E-state index in [9.17, 15) is 24.9 Å². The lowest BCUT2D eigenvalue weighted by Crippen LogP contribution is -2.50. The third-order valence-electron chi connectivity index (χ3n) is 5.37. The van der Waals surface area contributed by atoms with E-state index in [-0.39, 0.29) is 50.4 Å². The van der Waals surface area contributed by atoms with E-state index in [0.29, 0.717) is 26.0 Å². The monoisotopic (exact) mass is 483 g/mol. The van der Waals surface area contributed by atoms with Crippen molar-refractivity contribution in [3.8, 4) is 0 Å². The molecule has 0 unspecified atom stereocenters. The van der Waals surface area contributed by atoms with Crippen molar-refractivity contribution in [2.24, 2.45) is 5.92 Å². The molecule has 1 fully saturated rings. The zero-order chi connectivity index (χ0) is 24.4. The van der Waals surface area contributed by atoms with Gasteiger partial charge in [0.25, 0.3) is 0 Å². The molecular weight excluding hydrogens is 446 g/mol. The summed E-state index contributed by atoms with van der Waals surface area (Å²) in [6.07, 6.45) is 0.793. The molecule has 2 amide bonds. The molecule has 33 heavy (non-hydrogen) atoms. The quantitative estimate of drug-likeness (QED) is 0.547. The average Bonchev–Trinajstić information content (AvgIpc) is 3.18. The van der Waals surface area contributed by atoms with Gasteiger partial charge < -0.3 is 29.9 Å². The number of β-amino-alcohol motifs (C(OH)–C–C–N with tert-alkyl or cyclic N) is 1. The minimum absolute atomic E-state index is 0.114. The largest absolute Gasteiger partial charge is 0.388 e. The molecule has 2 heterocycles. The first kappa shape index (κ1) is 27.4. The van der Waals surface area contributed by atoms with E-state index in [1.807, 2.05) is 26.2 Å². The fourth-order valence-corrected chi connectivity index (χ4v) is 4.07. The second-order valence-corrected chi connectivity index (χ2v) is 9.86. The number of amides is 2. The number of hydrogen-bond acceptors (Lipinski definition) is 8. The van der Waals surface area contributed by atoms with Crippen LogP contribution in [-0.4, -0.2) is 99.6 Å². The Morgan fingerprint density at radius 1 is 1.18 bits per heavy atom. The molecule has 3 N–H and O–H groups in total. The number of aliphatic hydroxyl groups is 3. The number of aliphatic hydroxyl groups excluding tert-OH is 3. The van der Waals surface area contributed by atoms with Crippen molar-refractivity contribution in [3.63, 3.8) is 0 Å². The smallest absolute Gasteiger partial charge is 0.246 e. The van der Waals surface area contributed by atoms with Crippen LogP contribution in [0.2, 0.25) is 0 Å². The molecule has 0 spiro atoms. The predicted octanol–water partition coefficient (Wildman–Crippen LogP) is 1.06. The number of thiazole rings is 1. The van der Waals surface area contributed by atoms with Gasteiger partial charge in [0, 0.05) is 50.7 Å². The molecule has 1 aliphatic heterocycles. The Labute approximate surface area is 199 Å². The third kappa shape index (κ3) is 9.50. The minimum Gasteiger partial charge on any atom is -0.388 e. The molecule has 0 aliphatic carbocycles. The van der Waals surface area contributed by atoms with Crippen molar-refractivity contribution in [2.75, 3.05) is 39.4 Å². The molecule has 1 aliphatic rings. The highest BCUT2D eigenvalue weighted by Crippen LogP contribution is 2.12. The maximum atomic E-state index is 12.9. The highest BCUT2D eigenvalue weighted by molar-refractivity contribution is 7.09. The van der Waals surface area contributed by atoms with E-state index in [0.717, 1.165) is 10.7 Å². The van der Waals surface area contributed by atoms with Crippen LogP contribution < -0.4 is 0 Å². The van der Waals surface area contributed by atoms with E-state index in [1.54, 1.807) is 11.0 Å². The summed E-state index contributed by atoms with van der Waals surface area (Å²) in [7, 11) is 0. The second kappa shape index (κ2) is 13.8. The first-order chi connectivity index (χ1) is 15.7. The summed E-state index contributed by atoms with van der Waals surface area (Å²) in [5, 5.41) is 33.6. The Morgan fingerprint density at radius 2 is 1.91 bits per heavy atom. The van der Waals surface area contributed by atoms with Gasteiger partial charge in [0.1, 0.15) is 18.3 Å². The van der Waals surface area contributed by atoms with Gasteiger partial charge in [0.15, 0.2) is 0 Å². The molecule has 1 saturated heterocycles. The van der Waals surface area contributed by atoms with Crippen molar-refractivity contribution >= 4 is 29.2 Å². The number of nitrogens with zero attached hydrogens (tertiary/aromatic N) is 3. The van der Waals surface area contributed by atoms with Crippen LogP contribution in [-0.2, 0) is 14.3 Å². The van der Waals surface area contributed by atoms with Crippen LogP contribution in [0.4, 0.5) is 0 Å². The van der Waals surface area contributed by atoms with Crippen LogP contribution in [0.25, 0.3) is 6.08 Å². The average molecular weight is 484 g/mol. The van der Waals surface area contributed by atoms with Gasteiger partial charge >= 0.3 is 0 Å². The van der Waals surface area contributed by atoms with Gasteiger partial charge in [-0.3, -0.25) is 9.59 Å². The van der Waals surface area contributed by atoms with Crippen LogP contribution >= 0.6 is 11.3 Å². The summed E-state index contributed by atoms with van der Waals surface area (Å²) in [4.78, 5) is 33.2. The minimum atomic E-state index is -1.44. The van der Waals surface area contributed by atoms with E-state index >= 15 is 0 Å². The molecular formula is C23H37N3O6S. The Hall–Kier alpha value is -1.85. The topological polar surface area (TPSA) is 123 Å². The standard InChI is InChI=1S/C23H37N3O6S/c1-16(2)12-22(30)26-10-9-25(21(29)7-6-18-15-33-17(3)24-18)8-4-5-11-32-14-20(28)23(31)19(27)13-26/h6-7,15-16,19-20,23,27-28,31H,4-5,8-14H2,1-3H3/b7-6+/t19-,20+,23+/m0/s1. The Balaban J connectivity index is 2.15.